The third kappa shape index (κ3) is 4.10. The molecule has 140 valence electrons. The number of methoxy groups -OCH3 is 1. The van der Waals surface area contributed by atoms with Crippen molar-refractivity contribution in [3.63, 3.8) is 0 Å². The smallest absolute Gasteiger partial charge is 0.357 e. The number of carbonyl (C=O) groups excluding carboxylic acids is 1. The minimum Gasteiger partial charge on any atom is -0.497 e. The van der Waals surface area contributed by atoms with Crippen LogP contribution in [0, 0.1) is 0 Å². The Morgan fingerprint density at radius 2 is 1.86 bits per heavy atom. The fraction of sp³-hybridized carbons (Fsp3) is 0.0952. The highest BCUT2D eigenvalue weighted by molar-refractivity contribution is 7.13. The first kappa shape index (κ1) is 17.9. The molecule has 6 nitrogen and oxygen atoms in total. The first-order valence-electron chi connectivity index (χ1n) is 8.60. The van der Waals surface area contributed by atoms with Crippen molar-refractivity contribution < 1.29 is 14.3 Å². The van der Waals surface area contributed by atoms with E-state index < -0.39 is 5.97 Å². The third-order valence-corrected chi connectivity index (χ3v) is 4.86. The minimum atomic E-state index is -0.469. The molecule has 2 aromatic heterocycles. The highest BCUT2D eigenvalue weighted by Crippen LogP contribution is 2.23. The van der Waals surface area contributed by atoms with E-state index in [1.54, 1.807) is 13.2 Å². The summed E-state index contributed by atoms with van der Waals surface area (Å²) in [6, 6.07) is 18.7. The molecular formula is C21H17N3O3S. The van der Waals surface area contributed by atoms with Gasteiger partial charge in [0, 0.05) is 16.5 Å². The molecule has 0 aliphatic carbocycles. The zero-order chi connectivity index (χ0) is 19.3. The standard InChI is InChI=1S/C21H17N3O3S/c1-26-17-9-7-15(8-10-17)22-21-23-16(13-28-21)12-27-20(25)19-11-6-14-4-2-3-5-18(14)24-19/h2-11,13H,12H2,1H3,(H,22,23). The van der Waals surface area contributed by atoms with Gasteiger partial charge in [0.1, 0.15) is 18.1 Å². The van der Waals surface area contributed by atoms with E-state index in [4.69, 9.17) is 9.47 Å². The molecule has 0 radical (unpaired) electrons. The lowest BCUT2D eigenvalue weighted by molar-refractivity contribution is 0.0462. The maximum atomic E-state index is 12.3. The summed E-state index contributed by atoms with van der Waals surface area (Å²) in [6.07, 6.45) is 0. The first-order chi connectivity index (χ1) is 13.7. The first-order valence-corrected chi connectivity index (χ1v) is 9.47. The van der Waals surface area contributed by atoms with Crippen molar-refractivity contribution in [3.05, 3.63) is 77.4 Å². The average Bonchev–Trinajstić information content (AvgIpc) is 3.19. The van der Waals surface area contributed by atoms with Crippen LogP contribution in [0.15, 0.2) is 66.0 Å². The maximum absolute atomic E-state index is 12.3. The molecule has 0 atom stereocenters. The highest BCUT2D eigenvalue weighted by atomic mass is 32.1. The molecule has 0 bridgehead atoms. The number of aromatic nitrogens is 2. The SMILES string of the molecule is COc1ccc(Nc2nc(COC(=O)c3ccc4ccccc4n3)cs2)cc1. The molecule has 0 saturated carbocycles. The molecule has 4 aromatic rings. The summed E-state index contributed by atoms with van der Waals surface area (Å²) >= 11 is 1.44. The Kier molecular flexibility index (Phi) is 5.16. The minimum absolute atomic E-state index is 0.0914. The summed E-state index contributed by atoms with van der Waals surface area (Å²) in [4.78, 5) is 21.1. The van der Waals surface area contributed by atoms with Gasteiger partial charge >= 0.3 is 5.97 Å². The van der Waals surface area contributed by atoms with Crippen LogP contribution in [0.3, 0.4) is 0 Å². The number of para-hydroxylation sites is 1. The van der Waals surface area contributed by atoms with Crippen molar-refractivity contribution in [1.82, 2.24) is 9.97 Å². The van der Waals surface area contributed by atoms with Crippen LogP contribution in [0.1, 0.15) is 16.2 Å². The Balaban J connectivity index is 1.37. The summed E-state index contributed by atoms with van der Waals surface area (Å²) in [7, 11) is 1.63. The lowest BCUT2D eigenvalue weighted by Gasteiger charge is -2.05. The Morgan fingerprint density at radius 3 is 2.68 bits per heavy atom. The molecule has 7 heteroatoms. The predicted octanol–water partition coefficient (Wildman–Crippen LogP) is 4.80. The van der Waals surface area contributed by atoms with Crippen molar-refractivity contribution >= 4 is 39.0 Å². The van der Waals surface area contributed by atoms with E-state index in [1.165, 1.54) is 11.3 Å². The van der Waals surface area contributed by atoms with Crippen molar-refractivity contribution in [1.29, 1.82) is 0 Å². The second-order valence-electron chi connectivity index (χ2n) is 5.96. The number of carbonyl (C=O) groups is 1. The molecule has 0 amide bonds. The fourth-order valence-electron chi connectivity index (χ4n) is 2.62. The summed E-state index contributed by atoms with van der Waals surface area (Å²) in [6.45, 7) is 0.0914. The van der Waals surface area contributed by atoms with Crippen LogP contribution in [0.4, 0.5) is 10.8 Å². The van der Waals surface area contributed by atoms with Crippen LogP contribution in [0.2, 0.25) is 0 Å². The van der Waals surface area contributed by atoms with Gasteiger partial charge < -0.3 is 14.8 Å². The molecular weight excluding hydrogens is 374 g/mol. The molecule has 0 aliphatic heterocycles. The van der Waals surface area contributed by atoms with Gasteiger partial charge in [-0.2, -0.15) is 0 Å². The van der Waals surface area contributed by atoms with E-state index in [2.05, 4.69) is 15.3 Å². The number of thiazole rings is 1. The van der Waals surface area contributed by atoms with E-state index in [0.29, 0.717) is 5.69 Å². The van der Waals surface area contributed by atoms with Gasteiger partial charge in [-0.25, -0.2) is 14.8 Å². The van der Waals surface area contributed by atoms with E-state index in [9.17, 15) is 4.79 Å². The lowest BCUT2D eigenvalue weighted by Crippen LogP contribution is -2.07. The van der Waals surface area contributed by atoms with Crippen molar-refractivity contribution in [2.45, 2.75) is 6.61 Å². The normalized spacial score (nSPS) is 10.6. The van der Waals surface area contributed by atoms with Crippen molar-refractivity contribution in [3.8, 4) is 5.75 Å². The molecule has 28 heavy (non-hydrogen) atoms. The summed E-state index contributed by atoms with van der Waals surface area (Å²) in [5.41, 5.74) is 2.62. The van der Waals surface area contributed by atoms with E-state index in [-0.39, 0.29) is 12.3 Å². The van der Waals surface area contributed by atoms with Crippen LogP contribution < -0.4 is 10.1 Å². The molecule has 0 fully saturated rings. The van der Waals surface area contributed by atoms with Crippen molar-refractivity contribution in [2.75, 3.05) is 12.4 Å². The number of nitrogens with zero attached hydrogens (tertiary/aromatic N) is 2. The number of hydrogen-bond acceptors (Lipinski definition) is 7. The number of rotatable bonds is 6. The topological polar surface area (TPSA) is 73.3 Å². The monoisotopic (exact) mass is 391 g/mol. The number of hydrogen-bond donors (Lipinski definition) is 1. The molecule has 1 N–H and O–H groups in total. The van der Waals surface area contributed by atoms with E-state index >= 15 is 0 Å². The second-order valence-corrected chi connectivity index (χ2v) is 6.82. The molecule has 0 aliphatic rings. The van der Waals surface area contributed by atoms with Crippen LogP contribution in [0.5, 0.6) is 5.75 Å². The zero-order valence-corrected chi connectivity index (χ0v) is 15.9. The number of anilines is 2. The predicted molar refractivity (Wildman–Crippen MR) is 109 cm³/mol. The summed E-state index contributed by atoms with van der Waals surface area (Å²) in [5, 5.41) is 6.77. The largest absolute Gasteiger partial charge is 0.497 e. The Bertz CT molecular complexity index is 1110. The molecule has 0 unspecified atom stereocenters. The second kappa shape index (κ2) is 8.06. The van der Waals surface area contributed by atoms with Crippen LogP contribution in [-0.2, 0) is 11.3 Å². The average molecular weight is 391 g/mol. The van der Waals surface area contributed by atoms with Gasteiger partial charge in [-0.05, 0) is 36.4 Å². The van der Waals surface area contributed by atoms with Gasteiger partial charge in [0.15, 0.2) is 5.13 Å². The van der Waals surface area contributed by atoms with Crippen LogP contribution >= 0.6 is 11.3 Å². The molecule has 0 saturated heterocycles. The fourth-order valence-corrected chi connectivity index (χ4v) is 3.34. The van der Waals surface area contributed by atoms with Crippen LogP contribution in [-0.4, -0.2) is 23.0 Å². The Morgan fingerprint density at radius 1 is 1.04 bits per heavy atom. The maximum Gasteiger partial charge on any atom is 0.357 e. The quantitative estimate of drug-likeness (QED) is 0.476. The van der Waals surface area contributed by atoms with Gasteiger partial charge in [0.2, 0.25) is 0 Å². The zero-order valence-electron chi connectivity index (χ0n) is 15.1. The number of nitrogens with one attached hydrogen (secondary N) is 1. The van der Waals surface area contributed by atoms with E-state index in [1.807, 2.05) is 60.0 Å². The van der Waals surface area contributed by atoms with Gasteiger partial charge in [0.05, 0.1) is 18.3 Å². The van der Waals surface area contributed by atoms with Gasteiger partial charge in [-0.3, -0.25) is 0 Å². The highest BCUT2D eigenvalue weighted by Gasteiger charge is 2.11. The molecule has 2 heterocycles. The number of ether oxygens (including phenoxy) is 2. The summed E-state index contributed by atoms with van der Waals surface area (Å²) in [5.74, 6) is 0.322. The Hall–Kier alpha value is -3.45. The molecule has 4 rings (SSSR count). The van der Waals surface area contributed by atoms with Crippen molar-refractivity contribution in [2.24, 2.45) is 0 Å². The molecule has 0 spiro atoms. The summed E-state index contributed by atoms with van der Waals surface area (Å²) < 4.78 is 10.5. The van der Waals surface area contributed by atoms with Gasteiger partial charge in [0.25, 0.3) is 0 Å². The number of benzene rings is 2. The Labute approximate surface area is 165 Å². The van der Waals surface area contributed by atoms with Crippen LogP contribution in [0.25, 0.3) is 10.9 Å². The number of esters is 1. The van der Waals surface area contributed by atoms with Gasteiger partial charge in [-0.1, -0.05) is 24.3 Å². The number of pyridine rings is 1. The third-order valence-electron chi connectivity index (χ3n) is 4.05. The lowest BCUT2D eigenvalue weighted by atomic mass is 10.2. The van der Waals surface area contributed by atoms with E-state index in [0.717, 1.165) is 27.5 Å². The molecule has 2 aromatic carbocycles. The number of fused-ring (bicyclic) bond motifs is 1. The van der Waals surface area contributed by atoms with Gasteiger partial charge in [-0.15, -0.1) is 11.3 Å².